The van der Waals surface area contributed by atoms with E-state index in [9.17, 15) is 18.7 Å². The van der Waals surface area contributed by atoms with Gasteiger partial charge in [0.1, 0.15) is 11.6 Å². The number of rotatable bonds is 5. The molecule has 2 aromatic rings. The van der Waals surface area contributed by atoms with Crippen LogP contribution in [0.1, 0.15) is 22.4 Å². The second-order valence-corrected chi connectivity index (χ2v) is 5.67. The molecule has 0 aliphatic heterocycles. The molecule has 22 heavy (non-hydrogen) atoms. The Balaban J connectivity index is 1.80. The van der Waals surface area contributed by atoms with Crippen LogP contribution in [0.2, 0.25) is 0 Å². The van der Waals surface area contributed by atoms with Crippen LogP contribution in [-0.2, 0) is 6.54 Å². The predicted molar refractivity (Wildman–Crippen MR) is 78.4 cm³/mol. The molecule has 5 nitrogen and oxygen atoms in total. The summed E-state index contributed by atoms with van der Waals surface area (Å²) < 4.78 is 26.2. The molecule has 1 atom stereocenters. The zero-order chi connectivity index (χ0) is 16.1. The van der Waals surface area contributed by atoms with Gasteiger partial charge in [0.05, 0.1) is 23.4 Å². The number of urea groups is 1. The zero-order valence-corrected chi connectivity index (χ0v) is 12.6. The lowest BCUT2D eigenvalue weighted by Crippen LogP contribution is -2.37. The van der Waals surface area contributed by atoms with Crippen LogP contribution in [0.15, 0.2) is 23.6 Å². The van der Waals surface area contributed by atoms with Crippen LogP contribution in [-0.4, -0.2) is 22.7 Å². The van der Waals surface area contributed by atoms with Gasteiger partial charge in [-0.3, -0.25) is 0 Å². The summed E-state index contributed by atoms with van der Waals surface area (Å²) in [4.78, 5) is 15.8. The number of hydrogen-bond donors (Lipinski definition) is 3. The summed E-state index contributed by atoms with van der Waals surface area (Å²) in [6.07, 6.45) is -1.26. The summed E-state index contributed by atoms with van der Waals surface area (Å²) in [6, 6.07) is 2.37. The largest absolute Gasteiger partial charge is 0.386 e. The molecule has 1 heterocycles. The van der Waals surface area contributed by atoms with E-state index in [2.05, 4.69) is 15.6 Å². The van der Waals surface area contributed by atoms with E-state index < -0.39 is 23.8 Å². The van der Waals surface area contributed by atoms with E-state index in [1.54, 1.807) is 0 Å². The maximum atomic E-state index is 13.5. The monoisotopic (exact) mass is 327 g/mol. The van der Waals surface area contributed by atoms with Crippen molar-refractivity contribution >= 4 is 17.4 Å². The lowest BCUT2D eigenvalue weighted by Gasteiger charge is -2.13. The Labute approximate surface area is 130 Å². The van der Waals surface area contributed by atoms with Crippen LogP contribution in [0.5, 0.6) is 0 Å². The molecule has 0 saturated heterocycles. The molecule has 1 aromatic carbocycles. The number of nitrogens with zero attached hydrogens (tertiary/aromatic N) is 1. The molecule has 1 aromatic heterocycles. The standard InChI is InChI=1S/C14H15F2N3O2S/c1-8-19-10(7-22-8)5-17-14(21)18-6-13(20)11-3-2-9(15)4-12(11)16/h2-4,7,13,20H,5-6H2,1H3,(H2,17,18,21)/t13-/m1/s1. The van der Waals surface area contributed by atoms with Gasteiger partial charge in [-0.05, 0) is 13.0 Å². The first kappa shape index (κ1) is 16.3. The van der Waals surface area contributed by atoms with Crippen LogP contribution in [0.4, 0.5) is 13.6 Å². The van der Waals surface area contributed by atoms with E-state index in [0.29, 0.717) is 6.07 Å². The Morgan fingerprint density at radius 2 is 2.18 bits per heavy atom. The number of halogens is 2. The molecular weight excluding hydrogens is 312 g/mol. The fourth-order valence-corrected chi connectivity index (χ4v) is 2.41. The first-order valence-electron chi connectivity index (χ1n) is 6.51. The highest BCUT2D eigenvalue weighted by molar-refractivity contribution is 7.09. The number of hydrogen-bond acceptors (Lipinski definition) is 4. The number of nitrogens with one attached hydrogen (secondary N) is 2. The number of aryl methyl sites for hydroxylation is 1. The number of thiazole rings is 1. The van der Waals surface area contributed by atoms with Gasteiger partial charge in [-0.2, -0.15) is 0 Å². The number of aromatic nitrogens is 1. The van der Waals surface area contributed by atoms with E-state index in [1.807, 2.05) is 12.3 Å². The van der Waals surface area contributed by atoms with Gasteiger partial charge in [0.2, 0.25) is 0 Å². The maximum absolute atomic E-state index is 13.5. The van der Waals surface area contributed by atoms with Crippen LogP contribution in [0.25, 0.3) is 0 Å². The van der Waals surface area contributed by atoms with Crippen molar-refractivity contribution in [2.24, 2.45) is 0 Å². The zero-order valence-electron chi connectivity index (χ0n) is 11.8. The van der Waals surface area contributed by atoms with Crippen molar-refractivity contribution in [1.82, 2.24) is 15.6 Å². The van der Waals surface area contributed by atoms with Crippen molar-refractivity contribution in [1.29, 1.82) is 0 Å². The first-order valence-corrected chi connectivity index (χ1v) is 7.39. The Hall–Kier alpha value is -2.06. The summed E-state index contributed by atoms with van der Waals surface area (Å²) in [6.45, 7) is 1.93. The van der Waals surface area contributed by atoms with Crippen LogP contribution < -0.4 is 10.6 Å². The van der Waals surface area contributed by atoms with Gasteiger partial charge in [0.25, 0.3) is 0 Å². The molecule has 0 spiro atoms. The van der Waals surface area contributed by atoms with Gasteiger partial charge < -0.3 is 15.7 Å². The van der Waals surface area contributed by atoms with E-state index in [1.165, 1.54) is 11.3 Å². The molecule has 0 fully saturated rings. The number of aliphatic hydroxyl groups is 1. The minimum Gasteiger partial charge on any atom is -0.386 e. The third-order valence-electron chi connectivity index (χ3n) is 2.87. The SMILES string of the molecule is Cc1nc(CNC(=O)NC[C@@H](O)c2ccc(F)cc2F)cs1. The Bertz CT molecular complexity index is 663. The van der Waals surface area contributed by atoms with Crippen molar-refractivity contribution in [2.75, 3.05) is 6.54 Å². The second-order valence-electron chi connectivity index (χ2n) is 4.60. The number of amides is 2. The van der Waals surface area contributed by atoms with E-state index >= 15 is 0 Å². The third kappa shape index (κ3) is 4.47. The summed E-state index contributed by atoms with van der Waals surface area (Å²) in [5, 5.41) is 17.5. The van der Waals surface area contributed by atoms with Crippen molar-refractivity contribution in [3.8, 4) is 0 Å². The van der Waals surface area contributed by atoms with E-state index in [0.717, 1.165) is 22.8 Å². The minimum absolute atomic E-state index is 0.0724. The van der Waals surface area contributed by atoms with Gasteiger partial charge in [0, 0.05) is 23.6 Å². The molecular formula is C14H15F2N3O2S. The lowest BCUT2D eigenvalue weighted by atomic mass is 10.1. The fraction of sp³-hybridized carbons (Fsp3) is 0.286. The normalized spacial score (nSPS) is 12.0. The quantitative estimate of drug-likeness (QED) is 0.789. The highest BCUT2D eigenvalue weighted by Gasteiger charge is 2.14. The van der Waals surface area contributed by atoms with Gasteiger partial charge in [-0.25, -0.2) is 18.6 Å². The average Bonchev–Trinajstić information content (AvgIpc) is 2.88. The summed E-state index contributed by atoms with van der Waals surface area (Å²) in [5.41, 5.74) is 0.666. The smallest absolute Gasteiger partial charge is 0.315 e. The topological polar surface area (TPSA) is 74.2 Å². The highest BCUT2D eigenvalue weighted by Crippen LogP contribution is 2.17. The molecule has 3 N–H and O–H groups in total. The Morgan fingerprint density at radius 3 is 2.82 bits per heavy atom. The molecule has 0 aliphatic carbocycles. The molecule has 2 rings (SSSR count). The highest BCUT2D eigenvalue weighted by atomic mass is 32.1. The first-order chi connectivity index (χ1) is 10.5. The summed E-state index contributed by atoms with van der Waals surface area (Å²) >= 11 is 1.48. The predicted octanol–water partition coefficient (Wildman–Crippen LogP) is 2.26. The second kappa shape index (κ2) is 7.28. The Kier molecular flexibility index (Phi) is 5.40. The molecule has 0 aliphatic rings. The maximum Gasteiger partial charge on any atom is 0.315 e. The van der Waals surface area contributed by atoms with Gasteiger partial charge in [-0.1, -0.05) is 6.07 Å². The molecule has 118 valence electrons. The van der Waals surface area contributed by atoms with Crippen molar-refractivity contribution in [2.45, 2.75) is 19.6 Å². The van der Waals surface area contributed by atoms with Crippen LogP contribution >= 0.6 is 11.3 Å². The molecule has 0 saturated carbocycles. The van der Waals surface area contributed by atoms with Crippen molar-refractivity contribution in [3.63, 3.8) is 0 Å². The molecule has 8 heteroatoms. The van der Waals surface area contributed by atoms with Gasteiger partial charge >= 0.3 is 6.03 Å². The van der Waals surface area contributed by atoms with Crippen LogP contribution in [0.3, 0.4) is 0 Å². The number of aliphatic hydroxyl groups excluding tert-OH is 1. The third-order valence-corrected chi connectivity index (χ3v) is 3.70. The molecule has 0 unspecified atom stereocenters. The molecule has 0 radical (unpaired) electrons. The lowest BCUT2D eigenvalue weighted by molar-refractivity contribution is 0.168. The van der Waals surface area contributed by atoms with Gasteiger partial charge in [0.15, 0.2) is 0 Å². The van der Waals surface area contributed by atoms with E-state index in [4.69, 9.17) is 0 Å². The van der Waals surface area contributed by atoms with Crippen molar-refractivity contribution in [3.05, 3.63) is 51.5 Å². The van der Waals surface area contributed by atoms with E-state index in [-0.39, 0.29) is 18.7 Å². The molecule has 2 amide bonds. The minimum atomic E-state index is -1.26. The summed E-state index contributed by atoms with van der Waals surface area (Å²) in [5.74, 6) is -1.58. The molecule has 0 bridgehead atoms. The number of carbonyl (C=O) groups excluding carboxylic acids is 1. The van der Waals surface area contributed by atoms with Gasteiger partial charge in [-0.15, -0.1) is 11.3 Å². The number of benzene rings is 1. The fourth-order valence-electron chi connectivity index (χ4n) is 1.79. The number of carbonyl (C=O) groups is 1. The average molecular weight is 327 g/mol. The van der Waals surface area contributed by atoms with Crippen LogP contribution in [0, 0.1) is 18.6 Å². The Morgan fingerprint density at radius 1 is 1.41 bits per heavy atom. The van der Waals surface area contributed by atoms with Crippen molar-refractivity contribution < 1.29 is 18.7 Å². The summed E-state index contributed by atoms with van der Waals surface area (Å²) in [7, 11) is 0.